The Balaban J connectivity index is 2.44. The van der Waals surface area contributed by atoms with Crippen molar-refractivity contribution >= 4 is 17.9 Å². The number of hydrogen-bond donors (Lipinski definition) is 3. The summed E-state index contributed by atoms with van der Waals surface area (Å²) in [6, 6.07) is -0.318. The Labute approximate surface area is 107 Å². The van der Waals surface area contributed by atoms with Gasteiger partial charge in [0.2, 0.25) is 0 Å². The first-order valence-corrected chi connectivity index (χ1v) is 6.05. The molecular formula is C11H21N5O2. The van der Waals surface area contributed by atoms with Crippen LogP contribution in [0.1, 0.15) is 26.7 Å². The van der Waals surface area contributed by atoms with E-state index in [2.05, 4.69) is 15.6 Å². The van der Waals surface area contributed by atoms with Crippen molar-refractivity contribution in [3.8, 4) is 0 Å². The van der Waals surface area contributed by atoms with Gasteiger partial charge in [0, 0.05) is 20.1 Å². The Morgan fingerprint density at radius 2 is 2.22 bits per heavy atom. The van der Waals surface area contributed by atoms with Crippen LogP contribution in [0.25, 0.3) is 0 Å². The molecule has 0 spiro atoms. The van der Waals surface area contributed by atoms with Crippen molar-refractivity contribution in [1.29, 1.82) is 0 Å². The fourth-order valence-corrected chi connectivity index (χ4v) is 1.72. The van der Waals surface area contributed by atoms with E-state index in [4.69, 9.17) is 5.73 Å². The van der Waals surface area contributed by atoms with Crippen LogP contribution in [0.4, 0.5) is 4.79 Å². The molecule has 0 radical (unpaired) electrons. The molecule has 1 aliphatic rings. The maximum Gasteiger partial charge on any atom is 0.325 e. The number of nitrogens with one attached hydrogen (secondary N) is 2. The summed E-state index contributed by atoms with van der Waals surface area (Å²) in [5.74, 6) is 0.192. The minimum absolute atomic E-state index is 0.160. The molecule has 7 heteroatoms. The Morgan fingerprint density at radius 1 is 1.56 bits per heavy atom. The lowest BCUT2D eigenvalue weighted by Gasteiger charge is -2.19. The van der Waals surface area contributed by atoms with Gasteiger partial charge in [-0.2, -0.15) is 0 Å². The van der Waals surface area contributed by atoms with Gasteiger partial charge < -0.3 is 16.4 Å². The largest absolute Gasteiger partial charge is 0.370 e. The predicted molar refractivity (Wildman–Crippen MR) is 69.1 cm³/mol. The van der Waals surface area contributed by atoms with Gasteiger partial charge in [-0.15, -0.1) is 0 Å². The molecule has 1 saturated heterocycles. The molecule has 1 heterocycles. The summed E-state index contributed by atoms with van der Waals surface area (Å²) in [5, 5.41) is 5.59. The topological polar surface area (TPSA) is 99.8 Å². The fourth-order valence-electron chi connectivity index (χ4n) is 1.72. The predicted octanol–water partition coefficient (Wildman–Crippen LogP) is -0.369. The highest BCUT2D eigenvalue weighted by Gasteiger charge is 2.45. The van der Waals surface area contributed by atoms with Crippen LogP contribution in [0.15, 0.2) is 4.99 Å². The number of nitrogens with zero attached hydrogens (tertiary/aromatic N) is 2. The molecule has 18 heavy (non-hydrogen) atoms. The summed E-state index contributed by atoms with van der Waals surface area (Å²) in [6.07, 6.45) is 1.22. The van der Waals surface area contributed by atoms with E-state index in [0.717, 1.165) is 0 Å². The summed E-state index contributed by atoms with van der Waals surface area (Å²) in [7, 11) is 1.59. The third kappa shape index (κ3) is 2.91. The number of aliphatic imine (C=N–C) groups is 1. The van der Waals surface area contributed by atoms with E-state index in [1.807, 2.05) is 6.92 Å². The van der Waals surface area contributed by atoms with Crippen molar-refractivity contribution in [1.82, 2.24) is 15.5 Å². The molecule has 1 rings (SSSR count). The molecule has 4 N–H and O–H groups in total. The van der Waals surface area contributed by atoms with Gasteiger partial charge >= 0.3 is 6.03 Å². The van der Waals surface area contributed by atoms with Crippen molar-refractivity contribution in [3.05, 3.63) is 0 Å². The lowest BCUT2D eigenvalue weighted by atomic mass is 9.99. The molecule has 102 valence electrons. The van der Waals surface area contributed by atoms with Gasteiger partial charge in [-0.3, -0.25) is 14.7 Å². The second kappa shape index (κ2) is 5.70. The first-order valence-electron chi connectivity index (χ1n) is 6.05. The number of imide groups is 1. The lowest BCUT2D eigenvalue weighted by molar-refractivity contribution is -0.130. The minimum atomic E-state index is -0.756. The zero-order valence-electron chi connectivity index (χ0n) is 11.1. The van der Waals surface area contributed by atoms with Gasteiger partial charge in [-0.25, -0.2) is 4.79 Å². The van der Waals surface area contributed by atoms with E-state index in [0.29, 0.717) is 31.9 Å². The Hall–Kier alpha value is -1.79. The van der Waals surface area contributed by atoms with Crippen LogP contribution in [0, 0.1) is 0 Å². The Morgan fingerprint density at radius 3 is 2.72 bits per heavy atom. The number of carbonyl (C=O) groups excluding carboxylic acids is 2. The highest BCUT2D eigenvalue weighted by Crippen LogP contribution is 2.20. The average Bonchev–Trinajstić information content (AvgIpc) is 2.57. The number of amides is 3. The van der Waals surface area contributed by atoms with Crippen LogP contribution >= 0.6 is 0 Å². The molecule has 1 unspecified atom stereocenters. The summed E-state index contributed by atoms with van der Waals surface area (Å²) in [5.41, 5.74) is 4.71. The van der Waals surface area contributed by atoms with Gasteiger partial charge in [0.15, 0.2) is 5.96 Å². The van der Waals surface area contributed by atoms with Gasteiger partial charge in [0.25, 0.3) is 5.91 Å². The van der Waals surface area contributed by atoms with Crippen LogP contribution in [0.5, 0.6) is 0 Å². The summed E-state index contributed by atoms with van der Waals surface area (Å²) >= 11 is 0. The fraction of sp³-hybridized carbons (Fsp3) is 0.727. The number of nitrogens with two attached hydrogens (primary N) is 1. The maximum atomic E-state index is 12.0. The quantitative estimate of drug-likeness (QED) is 0.270. The second-order valence-electron chi connectivity index (χ2n) is 4.46. The molecule has 0 aromatic carbocycles. The average molecular weight is 255 g/mol. The van der Waals surface area contributed by atoms with Crippen molar-refractivity contribution < 1.29 is 9.59 Å². The number of guanidine groups is 1. The molecule has 0 aliphatic carbocycles. The van der Waals surface area contributed by atoms with Gasteiger partial charge in [0.1, 0.15) is 5.54 Å². The highest BCUT2D eigenvalue weighted by atomic mass is 16.2. The van der Waals surface area contributed by atoms with E-state index in [-0.39, 0.29) is 11.9 Å². The number of carbonyl (C=O) groups is 2. The van der Waals surface area contributed by atoms with Crippen LogP contribution in [0.2, 0.25) is 0 Å². The van der Waals surface area contributed by atoms with Gasteiger partial charge in [0.05, 0.1) is 0 Å². The molecule has 0 aromatic heterocycles. The highest BCUT2D eigenvalue weighted by molar-refractivity contribution is 6.06. The zero-order chi connectivity index (χ0) is 13.8. The first kappa shape index (κ1) is 14.3. The summed E-state index contributed by atoms with van der Waals surface area (Å²) in [4.78, 5) is 28.7. The van der Waals surface area contributed by atoms with Crippen molar-refractivity contribution in [2.24, 2.45) is 10.7 Å². The van der Waals surface area contributed by atoms with Gasteiger partial charge in [-0.1, -0.05) is 6.92 Å². The Bertz CT molecular complexity index is 368. The SMILES string of the molecule is CCC1(C)NC(=O)N(CCCNC(N)=NC)C1=O. The number of rotatable bonds is 5. The third-order valence-electron chi connectivity index (χ3n) is 3.16. The van der Waals surface area contributed by atoms with E-state index in [1.165, 1.54) is 4.90 Å². The molecule has 7 nitrogen and oxygen atoms in total. The molecule has 3 amide bonds. The van der Waals surface area contributed by atoms with Crippen LogP contribution < -0.4 is 16.4 Å². The van der Waals surface area contributed by atoms with E-state index in [9.17, 15) is 9.59 Å². The summed E-state index contributed by atoms with van der Waals surface area (Å²) < 4.78 is 0. The molecule has 0 bridgehead atoms. The normalized spacial score (nSPS) is 24.4. The van der Waals surface area contributed by atoms with Crippen LogP contribution in [-0.2, 0) is 4.79 Å². The standard InChI is InChI=1S/C11H21N5O2/c1-4-11(2)8(17)16(10(18)15-11)7-5-6-14-9(12)13-3/h4-7H2,1-3H3,(H,15,18)(H3,12,13,14). The molecule has 1 atom stereocenters. The van der Waals surface area contributed by atoms with E-state index >= 15 is 0 Å². The van der Waals surface area contributed by atoms with E-state index in [1.54, 1.807) is 14.0 Å². The second-order valence-corrected chi connectivity index (χ2v) is 4.46. The van der Waals surface area contributed by atoms with Crippen LogP contribution in [-0.4, -0.2) is 48.5 Å². The summed E-state index contributed by atoms with van der Waals surface area (Å²) in [6.45, 7) is 4.57. The van der Waals surface area contributed by atoms with Crippen molar-refractivity contribution in [2.75, 3.05) is 20.1 Å². The van der Waals surface area contributed by atoms with Crippen molar-refractivity contribution in [2.45, 2.75) is 32.2 Å². The lowest BCUT2D eigenvalue weighted by Crippen LogP contribution is -2.43. The molecule has 0 aromatic rings. The maximum absolute atomic E-state index is 12.0. The number of hydrogen-bond acceptors (Lipinski definition) is 3. The third-order valence-corrected chi connectivity index (χ3v) is 3.16. The molecule has 1 fully saturated rings. The van der Waals surface area contributed by atoms with Crippen LogP contribution in [0.3, 0.4) is 0 Å². The number of urea groups is 1. The first-order chi connectivity index (χ1) is 8.44. The molecule has 0 saturated carbocycles. The van der Waals surface area contributed by atoms with Gasteiger partial charge in [-0.05, 0) is 19.8 Å². The smallest absolute Gasteiger partial charge is 0.325 e. The minimum Gasteiger partial charge on any atom is -0.370 e. The Kier molecular flexibility index (Phi) is 4.52. The van der Waals surface area contributed by atoms with E-state index < -0.39 is 5.54 Å². The molecular weight excluding hydrogens is 234 g/mol. The molecule has 1 aliphatic heterocycles. The van der Waals surface area contributed by atoms with Crippen molar-refractivity contribution in [3.63, 3.8) is 0 Å². The zero-order valence-corrected chi connectivity index (χ0v) is 11.1. The monoisotopic (exact) mass is 255 g/mol.